The summed E-state index contributed by atoms with van der Waals surface area (Å²) < 4.78 is 16.8. The third-order valence-corrected chi connectivity index (χ3v) is 12.0. The van der Waals surface area contributed by atoms with Gasteiger partial charge in [0.1, 0.15) is 13.2 Å². The van der Waals surface area contributed by atoms with Gasteiger partial charge in [-0.05, 0) is 25.2 Å². The zero-order valence-electron chi connectivity index (χ0n) is 40.2. The van der Waals surface area contributed by atoms with Crippen molar-refractivity contribution in [2.45, 2.75) is 303 Å². The van der Waals surface area contributed by atoms with Gasteiger partial charge in [-0.2, -0.15) is 0 Å². The van der Waals surface area contributed by atoms with Crippen molar-refractivity contribution in [2.75, 3.05) is 13.2 Å². The monoisotopic (exact) mass is 835 g/mol. The van der Waals surface area contributed by atoms with Gasteiger partial charge in [0, 0.05) is 19.3 Å². The van der Waals surface area contributed by atoms with E-state index in [1.165, 1.54) is 193 Å². The summed E-state index contributed by atoms with van der Waals surface area (Å²) in [6, 6.07) is 0. The molecule has 0 unspecified atom stereocenters. The molecule has 0 aliphatic carbocycles. The standard InChI is InChI=1S/C53H102O6/c1-5-7-9-11-13-15-17-19-20-21-25-30-34-38-42-46-53(56)59-50(47-57-51(54)44-40-36-32-28-24-18-16-14-12-10-8-6-2)48-58-52(55)45-41-37-33-29-26-22-23-27-31-35-39-43-49(3)4/h49-50H,5-48H2,1-4H3/t50-/m0/s1. The number of carbonyl (C=O) groups excluding carboxylic acids is 3. The van der Waals surface area contributed by atoms with E-state index in [0.717, 1.165) is 63.7 Å². The van der Waals surface area contributed by atoms with Crippen molar-refractivity contribution >= 4 is 17.9 Å². The first-order chi connectivity index (χ1) is 28.9. The molecule has 0 amide bonds. The van der Waals surface area contributed by atoms with E-state index in [0.29, 0.717) is 19.3 Å². The third kappa shape index (κ3) is 47.3. The van der Waals surface area contributed by atoms with Gasteiger partial charge in [0.05, 0.1) is 0 Å². The summed E-state index contributed by atoms with van der Waals surface area (Å²) in [7, 11) is 0. The van der Waals surface area contributed by atoms with Crippen LogP contribution in [0.1, 0.15) is 297 Å². The van der Waals surface area contributed by atoms with Crippen molar-refractivity contribution in [1.29, 1.82) is 0 Å². The molecule has 6 nitrogen and oxygen atoms in total. The Bertz CT molecular complexity index is 887. The zero-order chi connectivity index (χ0) is 43.1. The minimum absolute atomic E-state index is 0.0626. The van der Waals surface area contributed by atoms with Crippen LogP contribution in [0.5, 0.6) is 0 Å². The average Bonchev–Trinajstić information content (AvgIpc) is 3.22. The minimum atomic E-state index is -0.760. The first-order valence-corrected chi connectivity index (χ1v) is 26.4. The molecule has 0 aromatic heterocycles. The van der Waals surface area contributed by atoms with E-state index >= 15 is 0 Å². The molecule has 0 spiro atoms. The third-order valence-electron chi connectivity index (χ3n) is 12.0. The molecule has 0 rings (SSSR count). The predicted molar refractivity (Wildman–Crippen MR) is 252 cm³/mol. The number of hydrogen-bond donors (Lipinski definition) is 0. The number of ether oxygens (including phenoxy) is 3. The molecule has 1 atom stereocenters. The molecule has 59 heavy (non-hydrogen) atoms. The van der Waals surface area contributed by atoms with Gasteiger partial charge in [-0.1, -0.05) is 259 Å². The molecule has 0 N–H and O–H groups in total. The van der Waals surface area contributed by atoms with Crippen LogP contribution in [-0.4, -0.2) is 37.2 Å². The Labute approximate surface area is 368 Å². The highest BCUT2D eigenvalue weighted by Crippen LogP contribution is 2.17. The molecule has 0 aliphatic rings. The first kappa shape index (κ1) is 57.4. The second-order valence-electron chi connectivity index (χ2n) is 18.6. The van der Waals surface area contributed by atoms with Gasteiger partial charge < -0.3 is 14.2 Å². The van der Waals surface area contributed by atoms with Crippen molar-refractivity contribution in [3.05, 3.63) is 0 Å². The Kier molecular flexibility index (Phi) is 46.2. The lowest BCUT2D eigenvalue weighted by Crippen LogP contribution is -2.30. The van der Waals surface area contributed by atoms with Gasteiger partial charge in [-0.25, -0.2) is 0 Å². The Balaban J connectivity index is 4.31. The molecule has 0 aliphatic heterocycles. The summed E-state index contributed by atoms with van der Waals surface area (Å²) in [6.45, 7) is 9.03. The molecule has 0 saturated carbocycles. The second-order valence-corrected chi connectivity index (χ2v) is 18.6. The van der Waals surface area contributed by atoms with Crippen LogP contribution >= 0.6 is 0 Å². The fourth-order valence-electron chi connectivity index (χ4n) is 8.04. The SMILES string of the molecule is CCCCCCCCCCCCCCCCCC(=O)O[C@@H](COC(=O)CCCCCCCCCCCCCC)COC(=O)CCCCCCCCCCCCCC(C)C. The summed E-state index contributed by atoms with van der Waals surface area (Å²) in [5.74, 6) is -0.0157. The van der Waals surface area contributed by atoms with Crippen LogP contribution in [0.4, 0.5) is 0 Å². The molecule has 6 heteroatoms. The lowest BCUT2D eigenvalue weighted by molar-refractivity contribution is -0.167. The Morgan fingerprint density at radius 2 is 0.559 bits per heavy atom. The van der Waals surface area contributed by atoms with Crippen molar-refractivity contribution < 1.29 is 28.6 Å². The van der Waals surface area contributed by atoms with Crippen LogP contribution in [0.25, 0.3) is 0 Å². The van der Waals surface area contributed by atoms with Crippen LogP contribution in [-0.2, 0) is 28.6 Å². The summed E-state index contributed by atoms with van der Waals surface area (Å²) in [5, 5.41) is 0. The second kappa shape index (κ2) is 47.5. The van der Waals surface area contributed by atoms with Gasteiger partial charge in [-0.3, -0.25) is 14.4 Å². The molecule has 0 bridgehead atoms. The normalized spacial score (nSPS) is 11.9. The molecule has 0 radical (unpaired) electrons. The van der Waals surface area contributed by atoms with Crippen molar-refractivity contribution in [3.8, 4) is 0 Å². The maximum absolute atomic E-state index is 12.8. The molecule has 0 heterocycles. The molecule has 0 aromatic rings. The van der Waals surface area contributed by atoms with Crippen molar-refractivity contribution in [3.63, 3.8) is 0 Å². The van der Waals surface area contributed by atoms with Gasteiger partial charge in [0.15, 0.2) is 6.10 Å². The Hall–Kier alpha value is -1.59. The highest BCUT2D eigenvalue weighted by Gasteiger charge is 2.19. The number of rotatable bonds is 48. The van der Waals surface area contributed by atoms with Crippen LogP contribution in [0, 0.1) is 5.92 Å². The number of unbranched alkanes of at least 4 members (excludes halogenated alkanes) is 35. The molecule has 0 saturated heterocycles. The molecule has 0 aromatic carbocycles. The van der Waals surface area contributed by atoms with E-state index in [1.54, 1.807) is 0 Å². The van der Waals surface area contributed by atoms with Crippen LogP contribution < -0.4 is 0 Å². The van der Waals surface area contributed by atoms with Crippen LogP contribution in [0.3, 0.4) is 0 Å². The molecular weight excluding hydrogens is 733 g/mol. The van der Waals surface area contributed by atoms with E-state index in [2.05, 4.69) is 27.7 Å². The lowest BCUT2D eigenvalue weighted by atomic mass is 10.0. The van der Waals surface area contributed by atoms with E-state index in [9.17, 15) is 14.4 Å². The van der Waals surface area contributed by atoms with E-state index < -0.39 is 6.10 Å². The van der Waals surface area contributed by atoms with E-state index in [1.807, 2.05) is 0 Å². The quantitative estimate of drug-likeness (QED) is 0.0345. The largest absolute Gasteiger partial charge is 0.462 e. The zero-order valence-corrected chi connectivity index (χ0v) is 40.2. The maximum atomic E-state index is 12.8. The molecule has 350 valence electrons. The van der Waals surface area contributed by atoms with Crippen molar-refractivity contribution in [2.24, 2.45) is 5.92 Å². The number of esters is 3. The predicted octanol–water partition coefficient (Wildman–Crippen LogP) is 17.1. The number of hydrogen-bond acceptors (Lipinski definition) is 6. The smallest absolute Gasteiger partial charge is 0.306 e. The summed E-state index contributed by atoms with van der Waals surface area (Å²) in [4.78, 5) is 37.9. The molecule has 0 fully saturated rings. The van der Waals surface area contributed by atoms with Gasteiger partial charge in [-0.15, -0.1) is 0 Å². The van der Waals surface area contributed by atoms with Gasteiger partial charge in [0.25, 0.3) is 0 Å². The first-order valence-electron chi connectivity index (χ1n) is 26.4. The summed E-state index contributed by atoms with van der Waals surface area (Å²) in [5.41, 5.74) is 0. The fraction of sp³-hybridized carbons (Fsp3) is 0.943. The topological polar surface area (TPSA) is 78.9 Å². The lowest BCUT2D eigenvalue weighted by Gasteiger charge is -2.18. The van der Waals surface area contributed by atoms with E-state index in [-0.39, 0.29) is 31.1 Å². The van der Waals surface area contributed by atoms with Crippen LogP contribution in [0.15, 0.2) is 0 Å². The highest BCUT2D eigenvalue weighted by atomic mass is 16.6. The van der Waals surface area contributed by atoms with Crippen LogP contribution in [0.2, 0.25) is 0 Å². The number of carbonyl (C=O) groups is 3. The summed E-state index contributed by atoms with van der Waals surface area (Å²) in [6.07, 6.45) is 49.4. The van der Waals surface area contributed by atoms with E-state index in [4.69, 9.17) is 14.2 Å². The van der Waals surface area contributed by atoms with Crippen molar-refractivity contribution in [1.82, 2.24) is 0 Å². The highest BCUT2D eigenvalue weighted by molar-refractivity contribution is 5.71. The summed E-state index contributed by atoms with van der Waals surface area (Å²) >= 11 is 0. The van der Waals surface area contributed by atoms with Gasteiger partial charge >= 0.3 is 17.9 Å². The Morgan fingerprint density at radius 3 is 0.831 bits per heavy atom. The molecular formula is C53H102O6. The van der Waals surface area contributed by atoms with Gasteiger partial charge in [0.2, 0.25) is 0 Å². The Morgan fingerprint density at radius 1 is 0.322 bits per heavy atom. The average molecular weight is 835 g/mol. The minimum Gasteiger partial charge on any atom is -0.462 e. The maximum Gasteiger partial charge on any atom is 0.306 e. The fourth-order valence-corrected chi connectivity index (χ4v) is 8.04.